The van der Waals surface area contributed by atoms with Gasteiger partial charge >= 0.3 is 5.97 Å². The predicted octanol–water partition coefficient (Wildman–Crippen LogP) is 2.48. The van der Waals surface area contributed by atoms with Gasteiger partial charge in [0.15, 0.2) is 0 Å². The van der Waals surface area contributed by atoms with Gasteiger partial charge in [0.25, 0.3) is 0 Å². The number of esters is 1. The molecule has 0 bridgehead atoms. The van der Waals surface area contributed by atoms with Gasteiger partial charge in [-0.25, -0.2) is 0 Å². The van der Waals surface area contributed by atoms with E-state index < -0.39 is 0 Å². The van der Waals surface area contributed by atoms with Gasteiger partial charge in [0, 0.05) is 11.3 Å². The number of hydrogen-bond acceptors (Lipinski definition) is 3. The summed E-state index contributed by atoms with van der Waals surface area (Å²) in [6.07, 6.45) is 0.891. The zero-order chi connectivity index (χ0) is 9.97. The molecule has 0 aromatic heterocycles. The van der Waals surface area contributed by atoms with Crippen LogP contribution in [0.1, 0.15) is 13.3 Å². The van der Waals surface area contributed by atoms with E-state index in [0.29, 0.717) is 0 Å². The SMILES string of the molecule is C[C@@H]1CC(Sc2ccccc2)C(=O)O1. The van der Waals surface area contributed by atoms with Gasteiger partial charge < -0.3 is 4.74 Å². The molecule has 0 radical (unpaired) electrons. The van der Waals surface area contributed by atoms with Crippen LogP contribution in [0.3, 0.4) is 0 Å². The van der Waals surface area contributed by atoms with Crippen LogP contribution in [0.4, 0.5) is 0 Å². The zero-order valence-corrected chi connectivity index (χ0v) is 8.79. The number of ether oxygens (including phenoxy) is 1. The molecule has 1 aromatic carbocycles. The van der Waals surface area contributed by atoms with E-state index in [1.165, 1.54) is 0 Å². The minimum Gasteiger partial charge on any atom is -0.462 e. The molecule has 3 heteroatoms. The van der Waals surface area contributed by atoms with Gasteiger partial charge in [0.05, 0.1) is 0 Å². The monoisotopic (exact) mass is 208 g/mol. The number of hydrogen-bond donors (Lipinski definition) is 0. The molecular weight excluding hydrogens is 196 g/mol. The molecule has 1 aromatic rings. The molecule has 1 unspecified atom stereocenters. The number of benzene rings is 1. The summed E-state index contributed by atoms with van der Waals surface area (Å²) in [5.74, 6) is -0.0775. The van der Waals surface area contributed by atoms with Crippen LogP contribution in [0.5, 0.6) is 0 Å². The number of cyclic esters (lactones) is 1. The maximum atomic E-state index is 11.3. The Kier molecular flexibility index (Phi) is 2.77. The van der Waals surface area contributed by atoms with Crippen LogP contribution in [0, 0.1) is 0 Å². The molecule has 0 amide bonds. The van der Waals surface area contributed by atoms with Gasteiger partial charge in [-0.2, -0.15) is 0 Å². The van der Waals surface area contributed by atoms with E-state index >= 15 is 0 Å². The molecule has 2 rings (SSSR count). The number of carbonyl (C=O) groups is 1. The Morgan fingerprint density at radius 2 is 2.07 bits per heavy atom. The fraction of sp³-hybridized carbons (Fsp3) is 0.364. The topological polar surface area (TPSA) is 26.3 Å². The first kappa shape index (κ1) is 9.59. The summed E-state index contributed by atoms with van der Waals surface area (Å²) in [6.45, 7) is 1.93. The molecular formula is C11H12O2S. The van der Waals surface area contributed by atoms with Gasteiger partial charge in [-0.1, -0.05) is 18.2 Å². The quantitative estimate of drug-likeness (QED) is 0.698. The van der Waals surface area contributed by atoms with Crippen molar-refractivity contribution >= 4 is 17.7 Å². The number of thioether (sulfide) groups is 1. The van der Waals surface area contributed by atoms with Gasteiger partial charge in [-0.15, -0.1) is 11.8 Å². The van der Waals surface area contributed by atoms with Crippen molar-refractivity contribution in [3.05, 3.63) is 30.3 Å². The van der Waals surface area contributed by atoms with Crippen molar-refractivity contribution < 1.29 is 9.53 Å². The lowest BCUT2D eigenvalue weighted by Gasteiger charge is -2.04. The largest absolute Gasteiger partial charge is 0.462 e. The van der Waals surface area contributed by atoms with E-state index in [1.807, 2.05) is 37.3 Å². The van der Waals surface area contributed by atoms with Crippen LogP contribution in [0.15, 0.2) is 35.2 Å². The molecule has 74 valence electrons. The Morgan fingerprint density at radius 3 is 2.64 bits per heavy atom. The summed E-state index contributed by atoms with van der Waals surface area (Å²) in [6, 6.07) is 9.96. The highest BCUT2D eigenvalue weighted by Gasteiger charge is 2.32. The summed E-state index contributed by atoms with van der Waals surface area (Å²) >= 11 is 1.59. The van der Waals surface area contributed by atoms with Crippen LogP contribution in [-0.4, -0.2) is 17.3 Å². The smallest absolute Gasteiger partial charge is 0.319 e. The van der Waals surface area contributed by atoms with Crippen LogP contribution < -0.4 is 0 Å². The molecule has 1 fully saturated rings. The zero-order valence-electron chi connectivity index (χ0n) is 7.97. The highest BCUT2D eigenvalue weighted by Crippen LogP contribution is 2.31. The first-order valence-corrected chi connectivity index (χ1v) is 5.56. The minimum atomic E-state index is -0.0775. The Balaban J connectivity index is 2.02. The standard InChI is InChI=1S/C11H12O2S/c1-8-7-10(11(12)13-8)14-9-5-3-2-4-6-9/h2-6,8,10H,7H2,1H3/t8-,10?/m1/s1. The Bertz CT molecular complexity index is 323. The van der Waals surface area contributed by atoms with Gasteiger partial charge in [-0.3, -0.25) is 4.79 Å². The average molecular weight is 208 g/mol. The molecule has 14 heavy (non-hydrogen) atoms. The predicted molar refractivity (Wildman–Crippen MR) is 56.3 cm³/mol. The van der Waals surface area contributed by atoms with Crippen molar-refractivity contribution in [2.24, 2.45) is 0 Å². The third-order valence-electron chi connectivity index (χ3n) is 2.15. The third kappa shape index (κ3) is 2.10. The molecule has 0 N–H and O–H groups in total. The third-order valence-corrected chi connectivity index (χ3v) is 3.36. The van der Waals surface area contributed by atoms with E-state index in [2.05, 4.69) is 0 Å². The highest BCUT2D eigenvalue weighted by atomic mass is 32.2. The van der Waals surface area contributed by atoms with Crippen molar-refractivity contribution in [2.75, 3.05) is 0 Å². The maximum Gasteiger partial charge on any atom is 0.319 e. The summed E-state index contributed by atoms with van der Waals surface area (Å²) < 4.78 is 5.09. The number of carbonyl (C=O) groups excluding carboxylic acids is 1. The molecule has 1 aliphatic rings. The van der Waals surface area contributed by atoms with E-state index in [4.69, 9.17) is 4.74 Å². The molecule has 1 heterocycles. The Morgan fingerprint density at radius 1 is 1.36 bits per heavy atom. The van der Waals surface area contributed by atoms with Crippen LogP contribution in [0.25, 0.3) is 0 Å². The van der Waals surface area contributed by atoms with Crippen LogP contribution >= 0.6 is 11.8 Å². The minimum absolute atomic E-state index is 0.0209. The van der Waals surface area contributed by atoms with Gasteiger partial charge in [-0.05, 0) is 19.1 Å². The fourth-order valence-electron chi connectivity index (χ4n) is 1.48. The van der Waals surface area contributed by atoms with Crippen molar-refractivity contribution in [1.29, 1.82) is 0 Å². The first-order chi connectivity index (χ1) is 6.75. The normalized spacial score (nSPS) is 26.2. The van der Waals surface area contributed by atoms with Crippen LogP contribution in [-0.2, 0) is 9.53 Å². The van der Waals surface area contributed by atoms with E-state index in [0.717, 1.165) is 11.3 Å². The van der Waals surface area contributed by atoms with Crippen molar-refractivity contribution in [3.8, 4) is 0 Å². The van der Waals surface area contributed by atoms with Gasteiger partial charge in [0.2, 0.25) is 0 Å². The summed E-state index contributed by atoms with van der Waals surface area (Å²) in [4.78, 5) is 12.5. The lowest BCUT2D eigenvalue weighted by molar-refractivity contribution is -0.140. The van der Waals surface area contributed by atoms with E-state index in [9.17, 15) is 4.79 Å². The van der Waals surface area contributed by atoms with Crippen molar-refractivity contribution in [2.45, 2.75) is 29.6 Å². The second kappa shape index (κ2) is 4.05. The first-order valence-electron chi connectivity index (χ1n) is 4.68. The lowest BCUT2D eigenvalue weighted by Crippen LogP contribution is -2.08. The molecule has 2 atom stereocenters. The van der Waals surface area contributed by atoms with Crippen molar-refractivity contribution in [3.63, 3.8) is 0 Å². The van der Waals surface area contributed by atoms with Gasteiger partial charge in [0.1, 0.15) is 11.4 Å². The molecule has 0 spiro atoms. The second-order valence-electron chi connectivity index (χ2n) is 3.40. The average Bonchev–Trinajstić information content (AvgIpc) is 2.47. The van der Waals surface area contributed by atoms with E-state index in [-0.39, 0.29) is 17.3 Å². The highest BCUT2D eigenvalue weighted by molar-refractivity contribution is 8.00. The summed E-state index contributed by atoms with van der Waals surface area (Å²) in [5.41, 5.74) is 0. The Labute approximate surface area is 87.6 Å². The van der Waals surface area contributed by atoms with Crippen LogP contribution in [0.2, 0.25) is 0 Å². The molecule has 0 saturated carbocycles. The molecule has 1 aliphatic heterocycles. The van der Waals surface area contributed by atoms with E-state index in [1.54, 1.807) is 11.8 Å². The maximum absolute atomic E-state index is 11.3. The second-order valence-corrected chi connectivity index (χ2v) is 4.68. The Hall–Kier alpha value is -0.960. The lowest BCUT2D eigenvalue weighted by atomic mass is 10.3. The molecule has 1 saturated heterocycles. The number of rotatable bonds is 2. The van der Waals surface area contributed by atoms with Crippen molar-refractivity contribution in [1.82, 2.24) is 0 Å². The molecule has 0 aliphatic carbocycles. The summed E-state index contributed by atoms with van der Waals surface area (Å²) in [5, 5.41) is -0.0209. The molecule has 2 nitrogen and oxygen atoms in total. The fourth-order valence-corrected chi connectivity index (χ4v) is 2.64. The summed E-state index contributed by atoms with van der Waals surface area (Å²) in [7, 11) is 0.